The highest BCUT2D eigenvalue weighted by molar-refractivity contribution is 7.99. The van der Waals surface area contributed by atoms with Gasteiger partial charge >= 0.3 is 0 Å². The summed E-state index contributed by atoms with van der Waals surface area (Å²) in [5.41, 5.74) is 9.31. The molecule has 3 aromatic rings. The first-order valence-electron chi connectivity index (χ1n) is 8.92. The van der Waals surface area contributed by atoms with Crippen LogP contribution in [0, 0.1) is 5.41 Å². The maximum atomic E-state index is 8.59. The number of nitrogens with two attached hydrogens (primary N) is 1. The molecule has 0 amide bonds. The minimum Gasteiger partial charge on any atom is -0.491 e. The van der Waals surface area contributed by atoms with Crippen LogP contribution in [-0.2, 0) is 5.75 Å². The molecule has 0 aliphatic carbocycles. The van der Waals surface area contributed by atoms with E-state index in [1.165, 1.54) is 11.9 Å². The summed E-state index contributed by atoms with van der Waals surface area (Å²) in [7, 11) is 0. The Morgan fingerprint density at radius 2 is 2.00 bits per heavy atom. The fraction of sp³-hybridized carbons (Fsp3) is 0.190. The van der Waals surface area contributed by atoms with Crippen molar-refractivity contribution < 1.29 is 4.74 Å². The van der Waals surface area contributed by atoms with Crippen LogP contribution in [0.1, 0.15) is 30.7 Å². The van der Waals surface area contributed by atoms with Crippen molar-refractivity contribution in [2.24, 2.45) is 0 Å². The molecule has 0 unspecified atom stereocenters. The van der Waals surface area contributed by atoms with Gasteiger partial charge < -0.3 is 15.2 Å². The van der Waals surface area contributed by atoms with Crippen LogP contribution in [0.3, 0.4) is 0 Å². The second-order valence-electron chi connectivity index (χ2n) is 6.43. The van der Waals surface area contributed by atoms with Gasteiger partial charge in [-0.15, -0.1) is 0 Å². The number of rotatable bonds is 8. The molecule has 0 atom stereocenters. The average Bonchev–Trinajstić information content (AvgIpc) is 2.70. The van der Waals surface area contributed by atoms with E-state index in [1.807, 2.05) is 44.2 Å². The Morgan fingerprint density at radius 1 is 1.14 bits per heavy atom. The van der Waals surface area contributed by atoms with E-state index in [-0.39, 0.29) is 6.10 Å². The molecule has 3 rings (SSSR count). The van der Waals surface area contributed by atoms with Gasteiger partial charge in [-0.3, -0.25) is 10.4 Å². The molecule has 0 saturated carbocycles. The van der Waals surface area contributed by atoms with Gasteiger partial charge in [0.25, 0.3) is 0 Å². The number of benzene rings is 1. The Balaban J connectivity index is 1.71. The maximum Gasteiger partial charge on any atom is 0.136 e. The Morgan fingerprint density at radius 3 is 2.75 bits per heavy atom. The van der Waals surface area contributed by atoms with E-state index in [9.17, 15) is 0 Å². The number of hydrogen-bond acceptors (Lipinski definition) is 7. The summed E-state index contributed by atoms with van der Waals surface area (Å²) in [6.07, 6.45) is 3.51. The molecule has 0 aliphatic heterocycles. The Bertz CT molecular complexity index is 947. The first kappa shape index (κ1) is 19.7. The predicted octanol–water partition coefficient (Wildman–Crippen LogP) is 4.52. The highest BCUT2D eigenvalue weighted by atomic mass is 32.2. The predicted molar refractivity (Wildman–Crippen MR) is 116 cm³/mol. The molecular formula is C21H23N5OS. The van der Waals surface area contributed by atoms with Crippen LogP contribution in [0.15, 0.2) is 60.9 Å². The normalized spacial score (nSPS) is 10.7. The zero-order valence-corrected chi connectivity index (χ0v) is 16.7. The molecule has 0 bridgehead atoms. The summed E-state index contributed by atoms with van der Waals surface area (Å²) in [4.78, 5) is 8.61. The third-order valence-corrected chi connectivity index (χ3v) is 4.63. The highest BCUT2D eigenvalue weighted by Gasteiger charge is 2.12. The number of hydrogen-bond donors (Lipinski definition) is 3. The largest absolute Gasteiger partial charge is 0.491 e. The summed E-state index contributed by atoms with van der Waals surface area (Å²) in [6, 6.07) is 14.9. The quantitative estimate of drug-likeness (QED) is 0.296. The minimum atomic E-state index is 0.0542. The molecule has 0 aliphatic rings. The van der Waals surface area contributed by atoms with Crippen molar-refractivity contribution >= 4 is 29.2 Å². The van der Waals surface area contributed by atoms with Crippen LogP contribution in [-0.4, -0.2) is 21.8 Å². The highest BCUT2D eigenvalue weighted by Crippen LogP contribution is 2.24. The van der Waals surface area contributed by atoms with Crippen molar-refractivity contribution in [3.05, 3.63) is 77.7 Å². The lowest BCUT2D eigenvalue weighted by Crippen LogP contribution is -2.09. The molecular weight excluding hydrogens is 370 g/mol. The maximum absolute atomic E-state index is 8.59. The van der Waals surface area contributed by atoms with Crippen LogP contribution >= 0.6 is 11.9 Å². The number of nitrogen functional groups attached to an aromatic ring is 1. The lowest BCUT2D eigenvalue weighted by Gasteiger charge is -2.14. The van der Waals surface area contributed by atoms with Crippen LogP contribution in [0.4, 0.5) is 11.5 Å². The molecule has 0 spiro atoms. The fourth-order valence-electron chi connectivity index (χ4n) is 2.56. The van der Waals surface area contributed by atoms with Crippen molar-refractivity contribution in [3.8, 4) is 5.75 Å². The number of pyridine rings is 2. The van der Waals surface area contributed by atoms with Gasteiger partial charge in [0, 0.05) is 29.2 Å². The van der Waals surface area contributed by atoms with Gasteiger partial charge in [-0.2, -0.15) is 0 Å². The summed E-state index contributed by atoms with van der Waals surface area (Å²) >= 11 is 1.50. The molecule has 0 radical (unpaired) electrons. The van der Waals surface area contributed by atoms with E-state index in [1.54, 1.807) is 30.6 Å². The molecule has 4 N–H and O–H groups in total. The second kappa shape index (κ2) is 9.23. The van der Waals surface area contributed by atoms with E-state index in [2.05, 4.69) is 14.7 Å². The monoisotopic (exact) mass is 393 g/mol. The Labute approximate surface area is 169 Å². The third kappa shape index (κ3) is 5.23. The SMILES string of the molecule is CC(C)Oc1ccc(N)c(C(=N)c2ccnc(NSCc3ccccn3)c2)c1. The topological polar surface area (TPSA) is 96.9 Å². The number of aromatic nitrogens is 2. The summed E-state index contributed by atoms with van der Waals surface area (Å²) in [6.45, 7) is 3.93. The molecule has 0 saturated heterocycles. The van der Waals surface area contributed by atoms with Gasteiger partial charge in [0.2, 0.25) is 0 Å². The first-order valence-corrected chi connectivity index (χ1v) is 9.90. The van der Waals surface area contributed by atoms with Gasteiger partial charge in [0.05, 0.1) is 23.3 Å². The van der Waals surface area contributed by atoms with Gasteiger partial charge in [-0.05, 0) is 68.3 Å². The number of ether oxygens (including phenoxy) is 1. The molecule has 2 aromatic heterocycles. The number of nitrogens with one attached hydrogen (secondary N) is 2. The van der Waals surface area contributed by atoms with E-state index in [0.29, 0.717) is 34.3 Å². The molecule has 7 heteroatoms. The van der Waals surface area contributed by atoms with E-state index in [0.717, 1.165) is 11.3 Å². The average molecular weight is 394 g/mol. The lowest BCUT2D eigenvalue weighted by atomic mass is 10.0. The van der Waals surface area contributed by atoms with Crippen molar-refractivity contribution in [3.63, 3.8) is 0 Å². The minimum absolute atomic E-state index is 0.0542. The zero-order chi connectivity index (χ0) is 19.9. The van der Waals surface area contributed by atoms with Crippen LogP contribution in [0.25, 0.3) is 0 Å². The lowest BCUT2D eigenvalue weighted by molar-refractivity contribution is 0.242. The van der Waals surface area contributed by atoms with Gasteiger partial charge in [-0.1, -0.05) is 6.07 Å². The third-order valence-electron chi connectivity index (χ3n) is 3.84. The van der Waals surface area contributed by atoms with E-state index < -0.39 is 0 Å². The zero-order valence-electron chi connectivity index (χ0n) is 15.8. The summed E-state index contributed by atoms with van der Waals surface area (Å²) < 4.78 is 8.93. The smallest absolute Gasteiger partial charge is 0.136 e. The summed E-state index contributed by atoms with van der Waals surface area (Å²) in [5.74, 6) is 2.09. The number of nitrogens with zero attached hydrogens (tertiary/aromatic N) is 2. The van der Waals surface area contributed by atoms with Crippen LogP contribution in [0.5, 0.6) is 5.75 Å². The van der Waals surface area contributed by atoms with Crippen molar-refractivity contribution in [1.82, 2.24) is 9.97 Å². The molecule has 144 valence electrons. The van der Waals surface area contributed by atoms with Crippen LogP contribution < -0.4 is 15.2 Å². The molecule has 6 nitrogen and oxygen atoms in total. The molecule has 2 heterocycles. The van der Waals surface area contributed by atoms with Gasteiger partial charge in [0.15, 0.2) is 0 Å². The molecule has 0 fully saturated rings. The first-order chi connectivity index (χ1) is 13.5. The Hall–Kier alpha value is -3.06. The van der Waals surface area contributed by atoms with E-state index >= 15 is 0 Å². The Kier molecular flexibility index (Phi) is 6.49. The molecule has 28 heavy (non-hydrogen) atoms. The van der Waals surface area contributed by atoms with Gasteiger partial charge in [-0.25, -0.2) is 4.98 Å². The van der Waals surface area contributed by atoms with Crippen molar-refractivity contribution in [2.45, 2.75) is 25.7 Å². The standard InChI is InChI=1S/C21H23N5OS/c1-14(2)27-17-6-7-19(22)18(12-17)21(23)15-8-10-25-20(11-15)26-28-13-16-5-3-4-9-24-16/h3-12,14,23H,13,22H2,1-2H3,(H,25,26). The second-order valence-corrected chi connectivity index (χ2v) is 7.21. The van der Waals surface area contributed by atoms with Crippen molar-refractivity contribution in [2.75, 3.05) is 10.5 Å². The van der Waals surface area contributed by atoms with Crippen molar-refractivity contribution in [1.29, 1.82) is 5.41 Å². The fourth-order valence-corrected chi connectivity index (χ4v) is 3.21. The summed E-state index contributed by atoms with van der Waals surface area (Å²) in [5, 5.41) is 8.59. The van der Waals surface area contributed by atoms with E-state index in [4.69, 9.17) is 15.9 Å². The van der Waals surface area contributed by atoms with Gasteiger partial charge in [0.1, 0.15) is 11.6 Å². The number of anilines is 2. The molecule has 1 aromatic carbocycles. The van der Waals surface area contributed by atoms with Crippen LogP contribution in [0.2, 0.25) is 0 Å².